The van der Waals surface area contributed by atoms with Gasteiger partial charge in [0.15, 0.2) is 11.6 Å². The van der Waals surface area contributed by atoms with Crippen molar-refractivity contribution in [2.24, 2.45) is 0 Å². The summed E-state index contributed by atoms with van der Waals surface area (Å²) in [4.78, 5) is 1.70. The van der Waals surface area contributed by atoms with Gasteiger partial charge in [-0.05, 0) is 23.8 Å². The summed E-state index contributed by atoms with van der Waals surface area (Å²) >= 11 is 0. The number of benzene rings is 2. The van der Waals surface area contributed by atoms with Crippen LogP contribution in [0.5, 0.6) is 0 Å². The number of likely N-dealkylation sites (tertiary alicyclic amines) is 1. The molecule has 2 aromatic carbocycles. The molecule has 1 aliphatic heterocycles. The minimum Gasteiger partial charge on any atom is -0.382 e. The molecule has 0 saturated carbocycles. The maximum atomic E-state index is 14.2. The molecule has 1 saturated heterocycles. The second-order valence-electron chi connectivity index (χ2n) is 7.22. The van der Waals surface area contributed by atoms with Crippen molar-refractivity contribution in [2.45, 2.75) is 12.3 Å². The Morgan fingerprint density at radius 1 is 1.24 bits per heavy atom. The number of halogens is 4. The molecular weight excluding hydrogens is 384 g/mol. The molecule has 1 aromatic heterocycles. The SMILES string of the molecule is C=C(NCCN1CCC(F)(F)C1)c1n[nH]c2ccc(-c3cccc(F)c3F)cc12. The highest BCUT2D eigenvalue weighted by Gasteiger charge is 2.37. The predicted molar refractivity (Wildman–Crippen MR) is 104 cm³/mol. The average molecular weight is 404 g/mol. The molecule has 2 heterocycles. The summed E-state index contributed by atoms with van der Waals surface area (Å²) in [5, 5.41) is 11.0. The van der Waals surface area contributed by atoms with Crippen molar-refractivity contribution in [1.82, 2.24) is 20.4 Å². The third kappa shape index (κ3) is 3.98. The quantitative estimate of drug-likeness (QED) is 0.599. The summed E-state index contributed by atoms with van der Waals surface area (Å²) in [5.41, 5.74) is 2.48. The van der Waals surface area contributed by atoms with Crippen LogP contribution in [-0.4, -0.2) is 47.2 Å². The molecule has 0 radical (unpaired) electrons. The number of rotatable bonds is 6. The first-order valence-electron chi connectivity index (χ1n) is 9.30. The van der Waals surface area contributed by atoms with Gasteiger partial charge in [-0.2, -0.15) is 5.10 Å². The van der Waals surface area contributed by atoms with Gasteiger partial charge in [-0.25, -0.2) is 17.6 Å². The lowest BCUT2D eigenvalue weighted by molar-refractivity contribution is 0.0124. The van der Waals surface area contributed by atoms with Gasteiger partial charge in [-0.15, -0.1) is 0 Å². The lowest BCUT2D eigenvalue weighted by Crippen LogP contribution is -2.31. The molecular formula is C21H20F4N4. The van der Waals surface area contributed by atoms with Gasteiger partial charge in [0, 0.05) is 37.0 Å². The van der Waals surface area contributed by atoms with Crippen LogP contribution in [0.25, 0.3) is 27.7 Å². The first-order chi connectivity index (χ1) is 13.8. The van der Waals surface area contributed by atoms with Crippen molar-refractivity contribution < 1.29 is 17.6 Å². The highest BCUT2D eigenvalue weighted by molar-refractivity contribution is 5.92. The fraction of sp³-hybridized carbons (Fsp3) is 0.286. The second-order valence-corrected chi connectivity index (χ2v) is 7.22. The summed E-state index contributed by atoms with van der Waals surface area (Å²) in [6, 6.07) is 9.19. The van der Waals surface area contributed by atoms with Crippen molar-refractivity contribution in [2.75, 3.05) is 26.2 Å². The lowest BCUT2D eigenvalue weighted by Gasteiger charge is -2.16. The lowest BCUT2D eigenvalue weighted by atomic mass is 10.0. The predicted octanol–water partition coefficient (Wildman–Crippen LogP) is 4.41. The molecule has 152 valence electrons. The zero-order valence-corrected chi connectivity index (χ0v) is 15.6. The van der Waals surface area contributed by atoms with E-state index in [1.54, 1.807) is 23.1 Å². The number of fused-ring (bicyclic) bond motifs is 1. The zero-order valence-electron chi connectivity index (χ0n) is 15.6. The van der Waals surface area contributed by atoms with Crippen molar-refractivity contribution in [1.29, 1.82) is 0 Å². The Balaban J connectivity index is 1.50. The van der Waals surface area contributed by atoms with Crippen LogP contribution in [0.2, 0.25) is 0 Å². The number of aromatic nitrogens is 2. The van der Waals surface area contributed by atoms with Gasteiger partial charge in [0.2, 0.25) is 0 Å². The second kappa shape index (κ2) is 7.51. The monoisotopic (exact) mass is 404 g/mol. The smallest absolute Gasteiger partial charge is 0.261 e. The molecule has 0 atom stereocenters. The first-order valence-corrected chi connectivity index (χ1v) is 9.30. The van der Waals surface area contributed by atoms with E-state index < -0.39 is 17.6 Å². The van der Waals surface area contributed by atoms with E-state index in [1.165, 1.54) is 12.1 Å². The van der Waals surface area contributed by atoms with Gasteiger partial charge in [0.1, 0.15) is 5.69 Å². The molecule has 3 aromatic rings. The van der Waals surface area contributed by atoms with Crippen LogP contribution in [0.4, 0.5) is 17.6 Å². The molecule has 2 N–H and O–H groups in total. The maximum Gasteiger partial charge on any atom is 0.261 e. The van der Waals surface area contributed by atoms with Crippen molar-refractivity contribution in [3.05, 3.63) is 60.3 Å². The Morgan fingerprint density at radius 2 is 2.07 bits per heavy atom. The Hall–Kier alpha value is -2.87. The molecule has 4 nitrogen and oxygen atoms in total. The van der Waals surface area contributed by atoms with Crippen LogP contribution in [0.1, 0.15) is 12.1 Å². The molecule has 0 spiro atoms. The van der Waals surface area contributed by atoms with E-state index in [9.17, 15) is 17.6 Å². The van der Waals surface area contributed by atoms with Crippen LogP contribution in [0, 0.1) is 11.6 Å². The molecule has 1 fully saturated rings. The van der Waals surface area contributed by atoms with E-state index in [-0.39, 0.29) is 18.5 Å². The molecule has 0 amide bonds. The van der Waals surface area contributed by atoms with Crippen LogP contribution in [-0.2, 0) is 0 Å². The topological polar surface area (TPSA) is 44.0 Å². The van der Waals surface area contributed by atoms with E-state index in [0.29, 0.717) is 42.0 Å². The summed E-state index contributed by atoms with van der Waals surface area (Å²) < 4.78 is 54.3. The number of nitrogens with zero attached hydrogens (tertiary/aromatic N) is 2. The van der Waals surface area contributed by atoms with Gasteiger partial charge < -0.3 is 5.32 Å². The minimum absolute atomic E-state index is 0.114. The standard InChI is InChI=1S/C21H20F4N4/c1-13(26-8-10-29-9-7-21(24,25)12-29)20-16-11-14(5-6-18(16)27-28-20)15-3-2-4-17(22)19(15)23/h2-6,11,26H,1,7-10,12H2,(H,27,28). The largest absolute Gasteiger partial charge is 0.382 e. The molecule has 0 unspecified atom stereocenters. The van der Waals surface area contributed by atoms with Gasteiger partial charge in [-0.1, -0.05) is 24.8 Å². The zero-order chi connectivity index (χ0) is 20.6. The molecule has 1 aliphatic rings. The van der Waals surface area contributed by atoms with Crippen molar-refractivity contribution in [3.8, 4) is 11.1 Å². The van der Waals surface area contributed by atoms with Crippen molar-refractivity contribution in [3.63, 3.8) is 0 Å². The molecule has 8 heteroatoms. The van der Waals surface area contributed by atoms with Gasteiger partial charge in [-0.3, -0.25) is 10.00 Å². The normalized spacial score (nSPS) is 16.4. The maximum absolute atomic E-state index is 14.2. The summed E-state index contributed by atoms with van der Waals surface area (Å²) in [6.07, 6.45) is -0.114. The van der Waals surface area contributed by atoms with E-state index in [1.807, 2.05) is 0 Å². The molecule has 4 rings (SSSR count). The number of hydrogen-bond donors (Lipinski definition) is 2. The van der Waals surface area contributed by atoms with Gasteiger partial charge in [0.25, 0.3) is 5.92 Å². The Labute approximate surface area is 165 Å². The fourth-order valence-corrected chi connectivity index (χ4v) is 3.58. The molecule has 29 heavy (non-hydrogen) atoms. The van der Waals surface area contributed by atoms with E-state index in [2.05, 4.69) is 22.1 Å². The van der Waals surface area contributed by atoms with Crippen LogP contribution in [0.15, 0.2) is 43.0 Å². The van der Waals surface area contributed by atoms with Crippen LogP contribution >= 0.6 is 0 Å². The molecule has 0 bridgehead atoms. The Kier molecular flexibility index (Phi) is 5.04. The number of nitrogens with one attached hydrogen (secondary N) is 2. The Bertz CT molecular complexity index is 1060. The third-order valence-corrected chi connectivity index (χ3v) is 5.13. The molecule has 0 aliphatic carbocycles. The van der Waals surface area contributed by atoms with Gasteiger partial charge >= 0.3 is 0 Å². The number of alkyl halides is 2. The number of aromatic amines is 1. The highest BCUT2D eigenvalue weighted by Crippen LogP contribution is 2.30. The fourth-order valence-electron chi connectivity index (χ4n) is 3.58. The van der Waals surface area contributed by atoms with E-state index in [0.717, 1.165) is 11.6 Å². The summed E-state index contributed by atoms with van der Waals surface area (Å²) in [5.74, 6) is -4.43. The minimum atomic E-state index is -2.61. The summed E-state index contributed by atoms with van der Waals surface area (Å²) in [7, 11) is 0. The highest BCUT2D eigenvalue weighted by atomic mass is 19.3. The number of H-pyrrole nitrogens is 1. The van der Waals surface area contributed by atoms with E-state index >= 15 is 0 Å². The summed E-state index contributed by atoms with van der Waals surface area (Å²) in [6.45, 7) is 5.04. The van der Waals surface area contributed by atoms with Crippen LogP contribution in [0.3, 0.4) is 0 Å². The first kappa shape index (κ1) is 19.4. The van der Waals surface area contributed by atoms with E-state index in [4.69, 9.17) is 0 Å². The average Bonchev–Trinajstić information content (AvgIpc) is 3.26. The third-order valence-electron chi connectivity index (χ3n) is 5.13. The number of hydrogen-bond acceptors (Lipinski definition) is 3. The Morgan fingerprint density at radius 3 is 2.83 bits per heavy atom. The van der Waals surface area contributed by atoms with Crippen LogP contribution < -0.4 is 5.32 Å². The van der Waals surface area contributed by atoms with Crippen molar-refractivity contribution >= 4 is 16.6 Å². The van der Waals surface area contributed by atoms with Gasteiger partial charge in [0.05, 0.1) is 17.8 Å².